The van der Waals surface area contributed by atoms with Crippen molar-refractivity contribution >= 4 is 5.82 Å². The van der Waals surface area contributed by atoms with Crippen LogP contribution in [0.4, 0.5) is 5.82 Å². The van der Waals surface area contributed by atoms with E-state index in [9.17, 15) is 0 Å². The third kappa shape index (κ3) is 3.56. The maximum absolute atomic E-state index is 5.37. The number of benzene rings is 1. The molecule has 110 valence electrons. The van der Waals surface area contributed by atoms with Crippen LogP contribution in [0.25, 0.3) is 11.3 Å². The van der Waals surface area contributed by atoms with E-state index in [0.717, 1.165) is 49.9 Å². The highest BCUT2D eigenvalue weighted by Crippen LogP contribution is 2.19. The zero-order valence-electron chi connectivity index (χ0n) is 12.2. The largest absolute Gasteiger partial charge is 0.379 e. The van der Waals surface area contributed by atoms with E-state index in [1.165, 1.54) is 5.56 Å². The van der Waals surface area contributed by atoms with Crippen molar-refractivity contribution in [2.75, 3.05) is 38.7 Å². The fourth-order valence-electron chi connectivity index (χ4n) is 2.45. The number of rotatable bonds is 4. The predicted molar refractivity (Wildman–Crippen MR) is 83.1 cm³/mol. The van der Waals surface area contributed by atoms with Crippen molar-refractivity contribution in [1.82, 2.24) is 14.9 Å². The molecule has 5 heteroatoms. The van der Waals surface area contributed by atoms with Crippen LogP contribution >= 0.6 is 0 Å². The molecule has 0 atom stereocenters. The van der Waals surface area contributed by atoms with Crippen molar-refractivity contribution in [3.63, 3.8) is 0 Å². The SMILES string of the molecule is CNc1cc(-c2ccc(CN3CCOCC3)cc2)ncn1. The third-order valence-corrected chi connectivity index (χ3v) is 3.68. The van der Waals surface area contributed by atoms with Gasteiger partial charge in [-0.1, -0.05) is 24.3 Å². The van der Waals surface area contributed by atoms with Gasteiger partial charge in [0.05, 0.1) is 18.9 Å². The number of ether oxygens (including phenoxy) is 1. The van der Waals surface area contributed by atoms with Crippen LogP contribution < -0.4 is 5.32 Å². The number of morpholine rings is 1. The molecular formula is C16H20N4O. The lowest BCUT2D eigenvalue weighted by Gasteiger charge is -2.26. The molecule has 0 spiro atoms. The summed E-state index contributed by atoms with van der Waals surface area (Å²) in [6.07, 6.45) is 1.59. The van der Waals surface area contributed by atoms with E-state index in [0.29, 0.717) is 0 Å². The van der Waals surface area contributed by atoms with Crippen LogP contribution in [0, 0.1) is 0 Å². The monoisotopic (exact) mass is 284 g/mol. The van der Waals surface area contributed by atoms with Gasteiger partial charge in [-0.15, -0.1) is 0 Å². The minimum Gasteiger partial charge on any atom is -0.379 e. The maximum Gasteiger partial charge on any atom is 0.129 e. The van der Waals surface area contributed by atoms with Gasteiger partial charge in [-0.2, -0.15) is 0 Å². The quantitative estimate of drug-likeness (QED) is 0.931. The summed E-state index contributed by atoms with van der Waals surface area (Å²) in [5.41, 5.74) is 3.37. The molecule has 0 aliphatic carbocycles. The van der Waals surface area contributed by atoms with Crippen LogP contribution in [-0.4, -0.2) is 48.2 Å². The molecule has 0 bridgehead atoms. The molecule has 21 heavy (non-hydrogen) atoms. The summed E-state index contributed by atoms with van der Waals surface area (Å²) in [5, 5.41) is 3.03. The molecule has 1 aliphatic heterocycles. The molecule has 1 aromatic heterocycles. The van der Waals surface area contributed by atoms with Crippen LogP contribution in [0.3, 0.4) is 0 Å². The standard InChI is InChI=1S/C16H20N4O/c1-17-16-10-15(18-12-19-16)14-4-2-13(3-5-14)11-20-6-8-21-9-7-20/h2-5,10,12H,6-9,11H2,1H3,(H,17,18,19). The summed E-state index contributed by atoms with van der Waals surface area (Å²) in [6, 6.07) is 10.5. The molecule has 0 saturated carbocycles. The first kappa shape index (κ1) is 14.0. The Hall–Kier alpha value is -1.98. The summed E-state index contributed by atoms with van der Waals surface area (Å²) < 4.78 is 5.37. The molecule has 0 amide bonds. The molecular weight excluding hydrogens is 264 g/mol. The van der Waals surface area contributed by atoms with E-state index in [2.05, 4.69) is 44.5 Å². The first-order chi connectivity index (χ1) is 10.3. The van der Waals surface area contributed by atoms with Gasteiger partial charge in [0, 0.05) is 38.3 Å². The second-order valence-corrected chi connectivity index (χ2v) is 5.12. The number of nitrogens with one attached hydrogen (secondary N) is 1. The smallest absolute Gasteiger partial charge is 0.129 e. The van der Waals surface area contributed by atoms with Crippen molar-refractivity contribution in [2.45, 2.75) is 6.54 Å². The molecule has 0 unspecified atom stereocenters. The van der Waals surface area contributed by atoms with Gasteiger partial charge in [0.1, 0.15) is 12.1 Å². The summed E-state index contributed by atoms with van der Waals surface area (Å²) in [6.45, 7) is 4.69. The predicted octanol–water partition coefficient (Wildman–Crippen LogP) is 2.02. The van der Waals surface area contributed by atoms with Crippen molar-refractivity contribution in [3.05, 3.63) is 42.2 Å². The highest BCUT2D eigenvalue weighted by atomic mass is 16.5. The summed E-state index contributed by atoms with van der Waals surface area (Å²) in [7, 11) is 1.86. The van der Waals surface area contributed by atoms with Gasteiger partial charge in [0.2, 0.25) is 0 Å². The van der Waals surface area contributed by atoms with E-state index in [1.807, 2.05) is 13.1 Å². The molecule has 1 saturated heterocycles. The van der Waals surface area contributed by atoms with E-state index in [1.54, 1.807) is 6.33 Å². The lowest BCUT2D eigenvalue weighted by Crippen LogP contribution is -2.35. The summed E-state index contributed by atoms with van der Waals surface area (Å²) in [4.78, 5) is 10.9. The number of hydrogen-bond acceptors (Lipinski definition) is 5. The molecule has 2 aromatic rings. The van der Waals surface area contributed by atoms with Crippen molar-refractivity contribution in [3.8, 4) is 11.3 Å². The van der Waals surface area contributed by atoms with Crippen molar-refractivity contribution in [2.24, 2.45) is 0 Å². The summed E-state index contributed by atoms with van der Waals surface area (Å²) >= 11 is 0. The van der Waals surface area contributed by atoms with Gasteiger partial charge in [0.25, 0.3) is 0 Å². The molecule has 5 nitrogen and oxygen atoms in total. The Balaban J connectivity index is 1.70. The average Bonchev–Trinajstić information content (AvgIpc) is 2.56. The Kier molecular flexibility index (Phi) is 4.43. The van der Waals surface area contributed by atoms with Crippen LogP contribution in [0.5, 0.6) is 0 Å². The van der Waals surface area contributed by atoms with E-state index < -0.39 is 0 Å². The minimum absolute atomic E-state index is 0.831. The number of nitrogens with zero attached hydrogens (tertiary/aromatic N) is 3. The van der Waals surface area contributed by atoms with Crippen molar-refractivity contribution < 1.29 is 4.74 Å². The fraction of sp³-hybridized carbons (Fsp3) is 0.375. The highest BCUT2D eigenvalue weighted by Gasteiger charge is 2.10. The zero-order valence-corrected chi connectivity index (χ0v) is 12.2. The van der Waals surface area contributed by atoms with Crippen LogP contribution in [-0.2, 0) is 11.3 Å². The van der Waals surface area contributed by atoms with Gasteiger partial charge in [-0.25, -0.2) is 9.97 Å². The van der Waals surface area contributed by atoms with Gasteiger partial charge in [0.15, 0.2) is 0 Å². The van der Waals surface area contributed by atoms with Crippen molar-refractivity contribution in [1.29, 1.82) is 0 Å². The highest BCUT2D eigenvalue weighted by molar-refractivity contribution is 5.62. The molecule has 3 rings (SSSR count). The molecule has 1 aromatic carbocycles. The van der Waals surface area contributed by atoms with E-state index >= 15 is 0 Å². The number of aromatic nitrogens is 2. The topological polar surface area (TPSA) is 50.3 Å². The van der Waals surface area contributed by atoms with Gasteiger partial charge in [-0.3, -0.25) is 4.90 Å². The Labute approximate surface area is 125 Å². The lowest BCUT2D eigenvalue weighted by atomic mass is 10.1. The minimum atomic E-state index is 0.831. The molecule has 1 aliphatic rings. The van der Waals surface area contributed by atoms with Crippen LogP contribution in [0.2, 0.25) is 0 Å². The Morgan fingerprint density at radius 2 is 1.90 bits per heavy atom. The second kappa shape index (κ2) is 6.65. The number of anilines is 1. The molecule has 0 radical (unpaired) electrons. The first-order valence-electron chi connectivity index (χ1n) is 7.24. The van der Waals surface area contributed by atoms with E-state index in [4.69, 9.17) is 4.74 Å². The molecule has 1 N–H and O–H groups in total. The lowest BCUT2D eigenvalue weighted by molar-refractivity contribution is 0.0342. The average molecular weight is 284 g/mol. The fourth-order valence-corrected chi connectivity index (χ4v) is 2.45. The van der Waals surface area contributed by atoms with Crippen LogP contribution in [0.15, 0.2) is 36.7 Å². The van der Waals surface area contributed by atoms with Gasteiger partial charge >= 0.3 is 0 Å². The molecule has 2 heterocycles. The first-order valence-corrected chi connectivity index (χ1v) is 7.24. The summed E-state index contributed by atoms with van der Waals surface area (Å²) in [5.74, 6) is 0.831. The van der Waals surface area contributed by atoms with E-state index in [-0.39, 0.29) is 0 Å². The van der Waals surface area contributed by atoms with Gasteiger partial charge < -0.3 is 10.1 Å². The Bertz CT molecular complexity index is 579. The van der Waals surface area contributed by atoms with Crippen LogP contribution in [0.1, 0.15) is 5.56 Å². The second-order valence-electron chi connectivity index (χ2n) is 5.12. The Morgan fingerprint density at radius 3 is 2.62 bits per heavy atom. The zero-order chi connectivity index (χ0) is 14.5. The normalized spacial score (nSPS) is 15.9. The molecule has 1 fully saturated rings. The maximum atomic E-state index is 5.37. The number of hydrogen-bond donors (Lipinski definition) is 1. The third-order valence-electron chi connectivity index (χ3n) is 3.68. The Morgan fingerprint density at radius 1 is 1.14 bits per heavy atom. The van der Waals surface area contributed by atoms with Gasteiger partial charge in [-0.05, 0) is 5.56 Å².